The molecule has 2 aromatic carbocycles. The number of rotatable bonds is 5. The van der Waals surface area contributed by atoms with Gasteiger partial charge in [-0.05, 0) is 73.9 Å². The number of ether oxygens (including phenoxy) is 3. The molecule has 2 saturated carbocycles. The Morgan fingerprint density at radius 2 is 1.58 bits per heavy atom. The highest BCUT2D eigenvalue weighted by atomic mass is 28.4. The molecule has 12 nitrogen and oxygen atoms in total. The molecule has 4 aliphatic rings. The molecular formula is C49H53N3O9Si. The summed E-state index contributed by atoms with van der Waals surface area (Å²) in [5.74, 6) is -2.02. The molecule has 2 unspecified atom stereocenters. The maximum absolute atomic E-state index is 14.5. The van der Waals surface area contributed by atoms with Crippen LogP contribution in [0, 0.1) is 40.6 Å². The molecule has 8 atom stereocenters. The van der Waals surface area contributed by atoms with E-state index >= 15 is 0 Å². The molecular weight excluding hydrogens is 803 g/mol. The summed E-state index contributed by atoms with van der Waals surface area (Å²) in [7, 11) is -2.91. The number of pyridine rings is 1. The highest BCUT2D eigenvalue weighted by molar-refractivity contribution is 6.73. The van der Waals surface area contributed by atoms with E-state index in [4.69, 9.17) is 34.1 Å². The normalized spacial score (nSPS) is 29.8. The van der Waals surface area contributed by atoms with Crippen LogP contribution in [0.4, 0.5) is 5.69 Å². The fraction of sp³-hybridized carbons (Fsp3) is 0.469. The van der Waals surface area contributed by atoms with Gasteiger partial charge < -0.3 is 27.5 Å². The van der Waals surface area contributed by atoms with E-state index in [-0.39, 0.29) is 50.3 Å². The van der Waals surface area contributed by atoms with Crippen LogP contribution in [0.5, 0.6) is 5.75 Å². The Kier molecular flexibility index (Phi) is 10.4. The highest BCUT2D eigenvalue weighted by Crippen LogP contribution is 2.70. The van der Waals surface area contributed by atoms with Gasteiger partial charge in [-0.2, -0.15) is 5.26 Å². The molecule has 13 heteroatoms. The largest absolute Gasteiger partial charge is 0.482 e. The third kappa shape index (κ3) is 6.77. The molecule has 62 heavy (non-hydrogen) atoms. The maximum Gasteiger partial charge on any atom is 0.349 e. The van der Waals surface area contributed by atoms with E-state index in [1.807, 2.05) is 6.92 Å². The van der Waals surface area contributed by atoms with Crippen molar-refractivity contribution < 1.29 is 37.1 Å². The van der Waals surface area contributed by atoms with Crippen molar-refractivity contribution in [3.8, 4) is 23.1 Å². The van der Waals surface area contributed by atoms with Gasteiger partial charge in [-0.25, -0.2) is 19.2 Å². The first-order chi connectivity index (χ1) is 29.2. The van der Waals surface area contributed by atoms with Gasteiger partial charge in [0.2, 0.25) is 0 Å². The molecule has 3 fully saturated rings. The van der Waals surface area contributed by atoms with Crippen LogP contribution in [0.2, 0.25) is 10.1 Å². The summed E-state index contributed by atoms with van der Waals surface area (Å²) in [5, 5.41) is 8.95. The zero-order valence-corrected chi connectivity index (χ0v) is 37.7. The van der Waals surface area contributed by atoms with Crippen LogP contribution in [0.3, 0.4) is 0 Å². The molecule has 0 amide bonds. The van der Waals surface area contributed by atoms with Crippen molar-refractivity contribution in [2.24, 2.45) is 22.7 Å². The van der Waals surface area contributed by atoms with Gasteiger partial charge in [0.25, 0.3) is 0 Å². The number of esters is 2. The molecule has 8 rings (SSSR count). The smallest absolute Gasteiger partial charge is 0.349 e. The second-order valence-corrected chi connectivity index (χ2v) is 24.9. The second kappa shape index (κ2) is 15.0. The van der Waals surface area contributed by atoms with Crippen LogP contribution >= 0.6 is 0 Å². The monoisotopic (exact) mass is 855 g/mol. The van der Waals surface area contributed by atoms with E-state index in [1.165, 1.54) is 12.1 Å². The van der Waals surface area contributed by atoms with Crippen molar-refractivity contribution in [1.29, 1.82) is 5.26 Å². The average molecular weight is 856 g/mol. The number of fused-ring (bicyclic) bond motifs is 6. The zero-order chi connectivity index (χ0) is 44.6. The van der Waals surface area contributed by atoms with Gasteiger partial charge in [0, 0.05) is 52.0 Å². The minimum atomic E-state index is -2.91. The summed E-state index contributed by atoms with van der Waals surface area (Å²) in [4.78, 5) is 50.9. The number of nitriles is 1. The number of aromatic nitrogens is 1. The van der Waals surface area contributed by atoms with Crippen molar-refractivity contribution in [2.75, 3.05) is 6.61 Å². The van der Waals surface area contributed by atoms with Gasteiger partial charge in [-0.3, -0.25) is 4.98 Å². The number of hydrogen-bond donors (Lipinski definition) is 0. The number of benzene rings is 2. The number of carbonyl (C=O) groups excluding carboxylic acids is 2. The quantitative estimate of drug-likeness (QED) is 0.107. The molecule has 2 aliphatic heterocycles. The minimum absolute atomic E-state index is 0.0422. The molecule has 4 aromatic rings. The fourth-order valence-corrected chi connectivity index (χ4v) is 16.8. The summed E-state index contributed by atoms with van der Waals surface area (Å²) in [6, 6.07) is 19.6. The van der Waals surface area contributed by atoms with Crippen LogP contribution in [-0.2, 0) is 18.3 Å². The van der Waals surface area contributed by atoms with E-state index < -0.39 is 60.7 Å². The average Bonchev–Trinajstić information content (AvgIpc) is 3.23. The Hall–Kier alpha value is -5.60. The third-order valence-corrected chi connectivity index (χ3v) is 19.5. The maximum atomic E-state index is 14.5. The number of nitrogens with zero attached hydrogens (tertiary/aromatic N) is 3. The molecule has 0 spiro atoms. The van der Waals surface area contributed by atoms with Crippen LogP contribution in [0.1, 0.15) is 120 Å². The lowest BCUT2D eigenvalue weighted by Crippen LogP contribution is -2.74. The standard InChI is InChI=1S/C49H53N3O9Si/c1-45(2,3)62(46(4,5)6)56-28-48(8)36-25-38(58-42(53)30-15-13-29(26-50)14-16-30)49(9)41(47(36,7)22-21-37(48)61-62)40(59-43(54)31-17-19-33(51-10)20-18-31)39-35(60-49)24-34(57-44(39)55)32-12-11-23-52-27-32/h11-20,23-24,27,36-38,40-41H,21-22,25,28H2,1-9H3/t36?,37-,38-,40-,41?,47-,48-,49+/m0/s1. The van der Waals surface area contributed by atoms with Crippen molar-refractivity contribution in [1.82, 2.24) is 4.98 Å². The van der Waals surface area contributed by atoms with Crippen LogP contribution in [0.25, 0.3) is 16.2 Å². The summed E-state index contributed by atoms with van der Waals surface area (Å²) in [6.07, 6.45) is 2.42. The van der Waals surface area contributed by atoms with Gasteiger partial charge in [0.15, 0.2) is 11.3 Å². The Morgan fingerprint density at radius 3 is 2.18 bits per heavy atom. The van der Waals surface area contributed by atoms with Gasteiger partial charge in [0.1, 0.15) is 29.3 Å². The molecule has 2 aliphatic carbocycles. The predicted octanol–water partition coefficient (Wildman–Crippen LogP) is 10.3. The molecule has 4 heterocycles. The van der Waals surface area contributed by atoms with Crippen molar-refractivity contribution in [3.63, 3.8) is 0 Å². The number of carbonyl (C=O) groups is 2. The number of hydrogen-bond acceptors (Lipinski definition) is 11. The van der Waals surface area contributed by atoms with Crippen molar-refractivity contribution >= 4 is 26.2 Å². The van der Waals surface area contributed by atoms with Crippen molar-refractivity contribution in [2.45, 2.75) is 116 Å². The van der Waals surface area contributed by atoms with E-state index in [1.54, 1.807) is 67.0 Å². The summed E-state index contributed by atoms with van der Waals surface area (Å²) in [5.41, 5.74) is -1.68. The lowest BCUT2D eigenvalue weighted by molar-refractivity contribution is -0.270. The molecule has 322 valence electrons. The Morgan fingerprint density at radius 1 is 0.935 bits per heavy atom. The van der Waals surface area contributed by atoms with E-state index in [9.17, 15) is 19.6 Å². The molecule has 0 bridgehead atoms. The first-order valence-corrected chi connectivity index (χ1v) is 23.0. The zero-order valence-electron chi connectivity index (χ0n) is 36.7. The third-order valence-electron chi connectivity index (χ3n) is 14.3. The Bertz CT molecular complexity index is 2540. The van der Waals surface area contributed by atoms with Gasteiger partial charge >= 0.3 is 26.1 Å². The summed E-state index contributed by atoms with van der Waals surface area (Å²) in [6.45, 7) is 27.2. The lowest BCUT2D eigenvalue weighted by Gasteiger charge is -2.69. The highest BCUT2D eigenvalue weighted by Gasteiger charge is 2.74. The molecule has 2 aromatic heterocycles. The SMILES string of the molecule is [C-]#[N+]c1ccc(C(=O)O[C@H]2c3c(cc(-c4cccnc4)oc3=O)O[C@@]3(C)C2[C@@]2(C)CC[C@@H]4O[Si](C(C)(C)C)(C(C)(C)C)OC[C@@]4(C)C2C[C@@H]3OC(=O)c2ccc(C#N)cc2)cc1. The van der Waals surface area contributed by atoms with E-state index in [2.05, 4.69) is 71.3 Å². The molecule has 0 N–H and O–H groups in total. The van der Waals surface area contributed by atoms with Gasteiger partial charge in [-0.15, -0.1) is 0 Å². The van der Waals surface area contributed by atoms with Crippen LogP contribution in [0.15, 0.2) is 88.3 Å². The lowest BCUT2D eigenvalue weighted by atomic mass is 9.42. The Labute approximate surface area is 363 Å². The first kappa shape index (κ1) is 43.1. The van der Waals surface area contributed by atoms with E-state index in [0.717, 1.165) is 0 Å². The molecule has 0 radical (unpaired) electrons. The van der Waals surface area contributed by atoms with Crippen LogP contribution in [-0.4, -0.2) is 49.9 Å². The topological polar surface area (TPSA) is 152 Å². The minimum Gasteiger partial charge on any atom is -0.482 e. The van der Waals surface area contributed by atoms with Crippen molar-refractivity contribution in [3.05, 3.63) is 123 Å². The first-order valence-electron chi connectivity index (χ1n) is 21.2. The Balaban J connectivity index is 1.31. The van der Waals surface area contributed by atoms with Crippen LogP contribution < -0.4 is 10.4 Å². The van der Waals surface area contributed by atoms with E-state index in [0.29, 0.717) is 42.7 Å². The molecule has 1 saturated heterocycles. The fourth-order valence-electron chi connectivity index (χ4n) is 11.6. The predicted molar refractivity (Wildman–Crippen MR) is 232 cm³/mol. The summed E-state index contributed by atoms with van der Waals surface area (Å²) < 4.78 is 41.0. The van der Waals surface area contributed by atoms with Gasteiger partial charge in [0.05, 0.1) is 35.4 Å². The second-order valence-electron chi connectivity index (χ2n) is 20.1. The summed E-state index contributed by atoms with van der Waals surface area (Å²) >= 11 is 0. The van der Waals surface area contributed by atoms with Gasteiger partial charge in [-0.1, -0.05) is 79.7 Å².